The molecule has 1 aliphatic heterocycles. The number of aliphatic imine (C=N–C) groups is 1. The molecule has 0 aliphatic carbocycles. The van der Waals surface area contributed by atoms with E-state index in [1.54, 1.807) is 0 Å². The van der Waals surface area contributed by atoms with E-state index in [-0.39, 0.29) is 29.9 Å². The Balaban J connectivity index is 0.00000338. The minimum Gasteiger partial charge on any atom is -0.357 e. The molecule has 2 rings (SSSR count). The van der Waals surface area contributed by atoms with Crippen molar-refractivity contribution >= 4 is 59.0 Å². The lowest BCUT2D eigenvalue weighted by atomic mass is 10.2. The Kier molecular flexibility index (Phi) is 10.6. The second-order valence-corrected chi connectivity index (χ2v) is 6.99. The smallest absolute Gasteiger partial charge is 0.222 e. The van der Waals surface area contributed by atoms with Gasteiger partial charge in [0.15, 0.2) is 5.96 Å². The monoisotopic (exact) mass is 512 g/mol. The van der Waals surface area contributed by atoms with Crippen LogP contribution in [0.4, 0.5) is 0 Å². The van der Waals surface area contributed by atoms with Crippen LogP contribution in [0.3, 0.4) is 0 Å². The van der Waals surface area contributed by atoms with Gasteiger partial charge in [0.25, 0.3) is 0 Å². The molecule has 0 unspecified atom stereocenters. The predicted molar refractivity (Wildman–Crippen MR) is 120 cm³/mol. The first-order chi connectivity index (χ1) is 12.0. The SMILES string of the molecule is CCNC(=NCCCN1CCCC1=O)N(C)Cc1ccc(Cl)c(Cl)c1.I. The van der Waals surface area contributed by atoms with E-state index in [0.29, 0.717) is 29.6 Å². The summed E-state index contributed by atoms with van der Waals surface area (Å²) >= 11 is 12.1. The van der Waals surface area contributed by atoms with Gasteiger partial charge in [-0.3, -0.25) is 9.79 Å². The van der Waals surface area contributed by atoms with Gasteiger partial charge in [-0.1, -0.05) is 29.3 Å². The van der Waals surface area contributed by atoms with Crippen LogP contribution in [0.15, 0.2) is 23.2 Å². The van der Waals surface area contributed by atoms with Crippen molar-refractivity contribution in [3.05, 3.63) is 33.8 Å². The summed E-state index contributed by atoms with van der Waals surface area (Å²) < 4.78 is 0. The average Bonchev–Trinajstić information content (AvgIpc) is 2.99. The molecule has 26 heavy (non-hydrogen) atoms. The number of halogens is 3. The van der Waals surface area contributed by atoms with Crippen LogP contribution in [0.1, 0.15) is 31.7 Å². The summed E-state index contributed by atoms with van der Waals surface area (Å²) in [6.45, 7) is 5.91. The number of hydrogen-bond donors (Lipinski definition) is 1. The maximum absolute atomic E-state index is 11.6. The summed E-state index contributed by atoms with van der Waals surface area (Å²) in [5.74, 6) is 1.12. The predicted octanol–water partition coefficient (Wildman–Crippen LogP) is 4.02. The zero-order valence-electron chi connectivity index (χ0n) is 15.3. The number of nitrogens with zero attached hydrogens (tertiary/aromatic N) is 3. The lowest BCUT2D eigenvalue weighted by Gasteiger charge is -2.22. The Labute approximate surface area is 183 Å². The van der Waals surface area contributed by atoms with Crippen LogP contribution in [-0.4, -0.2) is 54.9 Å². The summed E-state index contributed by atoms with van der Waals surface area (Å²) in [7, 11) is 1.99. The van der Waals surface area contributed by atoms with Crippen molar-refractivity contribution in [2.75, 3.05) is 33.2 Å². The van der Waals surface area contributed by atoms with E-state index in [9.17, 15) is 4.79 Å². The normalized spacial score (nSPS) is 14.4. The van der Waals surface area contributed by atoms with Crippen LogP contribution in [0.2, 0.25) is 10.0 Å². The van der Waals surface area contributed by atoms with E-state index in [2.05, 4.69) is 15.2 Å². The zero-order chi connectivity index (χ0) is 18.2. The van der Waals surface area contributed by atoms with Gasteiger partial charge < -0.3 is 15.1 Å². The van der Waals surface area contributed by atoms with Gasteiger partial charge >= 0.3 is 0 Å². The van der Waals surface area contributed by atoms with E-state index in [1.165, 1.54) is 0 Å². The van der Waals surface area contributed by atoms with E-state index in [0.717, 1.165) is 44.0 Å². The molecule has 8 heteroatoms. The number of amides is 1. The van der Waals surface area contributed by atoms with E-state index in [1.807, 2.05) is 37.1 Å². The second-order valence-electron chi connectivity index (χ2n) is 6.18. The molecule has 1 fully saturated rings. The van der Waals surface area contributed by atoms with E-state index >= 15 is 0 Å². The number of carbonyl (C=O) groups excluding carboxylic acids is 1. The first-order valence-electron chi connectivity index (χ1n) is 8.72. The number of benzene rings is 1. The highest BCUT2D eigenvalue weighted by Crippen LogP contribution is 2.23. The first kappa shape index (κ1) is 23.3. The zero-order valence-corrected chi connectivity index (χ0v) is 19.1. The van der Waals surface area contributed by atoms with E-state index in [4.69, 9.17) is 23.2 Å². The number of carbonyl (C=O) groups is 1. The van der Waals surface area contributed by atoms with Crippen LogP contribution >= 0.6 is 47.2 Å². The lowest BCUT2D eigenvalue weighted by molar-refractivity contribution is -0.127. The molecule has 1 heterocycles. The Morgan fingerprint density at radius 3 is 2.73 bits per heavy atom. The van der Waals surface area contributed by atoms with Crippen LogP contribution in [0.25, 0.3) is 0 Å². The molecule has 0 spiro atoms. The third-order valence-electron chi connectivity index (χ3n) is 4.12. The molecule has 0 saturated carbocycles. The molecule has 1 aromatic rings. The highest BCUT2D eigenvalue weighted by atomic mass is 127. The molecule has 0 radical (unpaired) electrons. The fourth-order valence-corrected chi connectivity index (χ4v) is 3.16. The van der Waals surface area contributed by atoms with Crippen LogP contribution in [0, 0.1) is 0 Å². The van der Waals surface area contributed by atoms with Crippen molar-refractivity contribution in [1.82, 2.24) is 15.1 Å². The Hall–Kier alpha value is -0.730. The number of rotatable bonds is 7. The molecular formula is C18H27Cl2IN4O. The van der Waals surface area contributed by atoms with Crippen molar-refractivity contribution < 1.29 is 4.79 Å². The maximum atomic E-state index is 11.6. The summed E-state index contributed by atoms with van der Waals surface area (Å²) in [6, 6.07) is 5.65. The largest absolute Gasteiger partial charge is 0.357 e. The fourth-order valence-electron chi connectivity index (χ4n) is 2.84. The molecule has 1 aromatic carbocycles. The average molecular weight is 513 g/mol. The van der Waals surface area contributed by atoms with E-state index < -0.39 is 0 Å². The van der Waals surface area contributed by atoms with Gasteiger partial charge in [0, 0.05) is 46.2 Å². The lowest BCUT2D eigenvalue weighted by Crippen LogP contribution is -2.38. The molecule has 5 nitrogen and oxygen atoms in total. The third-order valence-corrected chi connectivity index (χ3v) is 4.86. The quantitative estimate of drug-likeness (QED) is 0.260. The highest BCUT2D eigenvalue weighted by Gasteiger charge is 2.19. The van der Waals surface area contributed by atoms with Gasteiger partial charge in [0.2, 0.25) is 5.91 Å². The molecule has 1 amide bonds. The Morgan fingerprint density at radius 1 is 1.35 bits per heavy atom. The second kappa shape index (κ2) is 11.9. The van der Waals surface area contributed by atoms with Gasteiger partial charge in [0.05, 0.1) is 10.0 Å². The molecular weight excluding hydrogens is 486 g/mol. The molecule has 146 valence electrons. The number of likely N-dealkylation sites (tertiary alicyclic amines) is 1. The van der Waals surface area contributed by atoms with Crippen molar-refractivity contribution in [1.29, 1.82) is 0 Å². The molecule has 1 aliphatic rings. The molecule has 1 N–H and O–H groups in total. The van der Waals surface area contributed by atoms with Gasteiger partial charge in [-0.25, -0.2) is 0 Å². The van der Waals surface area contributed by atoms with Crippen LogP contribution < -0.4 is 5.32 Å². The topological polar surface area (TPSA) is 47.9 Å². The highest BCUT2D eigenvalue weighted by molar-refractivity contribution is 14.0. The van der Waals surface area contributed by atoms with Crippen LogP contribution in [-0.2, 0) is 11.3 Å². The van der Waals surface area contributed by atoms with Crippen molar-refractivity contribution in [2.24, 2.45) is 4.99 Å². The van der Waals surface area contributed by atoms with Crippen molar-refractivity contribution in [2.45, 2.75) is 32.7 Å². The molecule has 0 aromatic heterocycles. The summed E-state index contributed by atoms with van der Waals surface area (Å²) in [5, 5.41) is 4.42. The van der Waals surface area contributed by atoms with Crippen LogP contribution in [0.5, 0.6) is 0 Å². The van der Waals surface area contributed by atoms with Gasteiger partial charge in [-0.2, -0.15) is 0 Å². The first-order valence-corrected chi connectivity index (χ1v) is 9.48. The van der Waals surface area contributed by atoms with Gasteiger partial charge in [-0.05, 0) is 37.5 Å². The standard InChI is InChI=1S/C18H26Cl2N4O.HI/c1-3-21-18(22-9-5-11-24-10-4-6-17(24)25)23(2)13-14-7-8-15(19)16(20)12-14;/h7-8,12H,3-6,9-11,13H2,1-2H3,(H,21,22);1H. The minimum atomic E-state index is 0. The molecule has 1 saturated heterocycles. The van der Waals surface area contributed by atoms with Gasteiger partial charge in [-0.15, -0.1) is 24.0 Å². The summed E-state index contributed by atoms with van der Waals surface area (Å²) in [6.07, 6.45) is 2.55. The number of nitrogens with one attached hydrogen (secondary N) is 1. The molecule has 0 atom stereocenters. The Bertz CT molecular complexity index is 627. The summed E-state index contributed by atoms with van der Waals surface area (Å²) in [4.78, 5) is 20.3. The third kappa shape index (κ3) is 7.12. The fraction of sp³-hybridized carbons (Fsp3) is 0.556. The minimum absolute atomic E-state index is 0. The summed E-state index contributed by atoms with van der Waals surface area (Å²) in [5.41, 5.74) is 1.07. The van der Waals surface area contributed by atoms with Gasteiger partial charge in [0.1, 0.15) is 0 Å². The van der Waals surface area contributed by atoms with Crippen molar-refractivity contribution in [3.8, 4) is 0 Å². The number of hydrogen-bond acceptors (Lipinski definition) is 2. The Morgan fingerprint density at radius 2 is 2.12 bits per heavy atom. The van der Waals surface area contributed by atoms with Crippen molar-refractivity contribution in [3.63, 3.8) is 0 Å². The maximum Gasteiger partial charge on any atom is 0.222 e. The molecule has 0 bridgehead atoms. The number of guanidine groups is 1.